The van der Waals surface area contributed by atoms with Gasteiger partial charge in [0.2, 0.25) is 0 Å². The average molecular weight is 330 g/mol. The van der Waals surface area contributed by atoms with E-state index in [-0.39, 0.29) is 0 Å². The lowest BCUT2D eigenvalue weighted by atomic mass is 10.0. The third-order valence-electron chi connectivity index (χ3n) is 3.89. The second kappa shape index (κ2) is 7.98. The van der Waals surface area contributed by atoms with E-state index in [1.54, 1.807) is 0 Å². The van der Waals surface area contributed by atoms with E-state index >= 15 is 0 Å². The SMILES string of the molecule is CCNC(Cc1ccccc1Cl)C1CSC(C)C(C)S1. The standard InChI is InChI=1S/C16H24ClNS2/c1-4-18-15(9-13-7-5-6-8-14(13)17)16-10-19-11(2)12(3)20-16/h5-8,11-12,15-16,18H,4,9-10H2,1-3H3. The van der Waals surface area contributed by atoms with Crippen LogP contribution in [0.1, 0.15) is 26.3 Å². The molecule has 1 nitrogen and oxygen atoms in total. The minimum Gasteiger partial charge on any atom is -0.313 e. The lowest BCUT2D eigenvalue weighted by Gasteiger charge is -2.36. The lowest BCUT2D eigenvalue weighted by molar-refractivity contribution is 0.520. The molecular formula is C16H24ClNS2. The number of hydrogen-bond acceptors (Lipinski definition) is 3. The van der Waals surface area contributed by atoms with Gasteiger partial charge in [0.1, 0.15) is 0 Å². The van der Waals surface area contributed by atoms with Crippen LogP contribution in [0.5, 0.6) is 0 Å². The predicted octanol–water partition coefficient (Wildman–Crippen LogP) is 4.49. The summed E-state index contributed by atoms with van der Waals surface area (Å²) in [7, 11) is 0. The summed E-state index contributed by atoms with van der Waals surface area (Å²) in [6.07, 6.45) is 1.02. The molecule has 1 aromatic rings. The molecule has 0 saturated carbocycles. The van der Waals surface area contributed by atoms with Crippen molar-refractivity contribution in [1.29, 1.82) is 0 Å². The molecule has 1 N–H and O–H groups in total. The molecule has 0 aromatic heterocycles. The molecule has 0 aliphatic carbocycles. The van der Waals surface area contributed by atoms with Gasteiger partial charge in [0.15, 0.2) is 0 Å². The molecule has 2 rings (SSSR count). The number of hydrogen-bond donors (Lipinski definition) is 1. The number of nitrogens with one attached hydrogen (secondary N) is 1. The summed E-state index contributed by atoms with van der Waals surface area (Å²) in [5.41, 5.74) is 1.26. The van der Waals surface area contributed by atoms with E-state index in [2.05, 4.69) is 61.7 Å². The van der Waals surface area contributed by atoms with E-state index in [4.69, 9.17) is 11.6 Å². The van der Waals surface area contributed by atoms with Gasteiger partial charge >= 0.3 is 0 Å². The number of likely N-dealkylation sites (N-methyl/N-ethyl adjacent to an activating group) is 1. The van der Waals surface area contributed by atoms with E-state index < -0.39 is 0 Å². The van der Waals surface area contributed by atoms with Crippen molar-refractivity contribution in [2.45, 2.75) is 49.0 Å². The zero-order valence-electron chi connectivity index (χ0n) is 12.4. The molecule has 0 radical (unpaired) electrons. The topological polar surface area (TPSA) is 12.0 Å². The summed E-state index contributed by atoms with van der Waals surface area (Å²) in [6, 6.07) is 8.74. The Morgan fingerprint density at radius 2 is 2.05 bits per heavy atom. The number of thioether (sulfide) groups is 2. The number of rotatable bonds is 5. The van der Waals surface area contributed by atoms with Gasteiger partial charge in [-0.2, -0.15) is 23.5 Å². The molecule has 1 aliphatic heterocycles. The van der Waals surface area contributed by atoms with Crippen LogP contribution in [-0.4, -0.2) is 34.1 Å². The van der Waals surface area contributed by atoms with Crippen LogP contribution in [0.2, 0.25) is 5.02 Å². The Hall–Kier alpha value is 0.170. The van der Waals surface area contributed by atoms with Crippen LogP contribution in [0.15, 0.2) is 24.3 Å². The van der Waals surface area contributed by atoms with E-state index in [9.17, 15) is 0 Å². The fourth-order valence-corrected chi connectivity index (χ4v) is 5.86. The second-order valence-electron chi connectivity index (χ2n) is 5.38. The highest BCUT2D eigenvalue weighted by Gasteiger charge is 2.31. The number of benzene rings is 1. The molecule has 0 amide bonds. The average Bonchev–Trinajstić information content (AvgIpc) is 2.44. The maximum absolute atomic E-state index is 6.32. The molecule has 0 spiro atoms. The Kier molecular flexibility index (Phi) is 6.60. The fourth-order valence-electron chi connectivity index (χ4n) is 2.52. The summed E-state index contributed by atoms with van der Waals surface area (Å²) >= 11 is 10.6. The van der Waals surface area contributed by atoms with Crippen LogP contribution in [0, 0.1) is 0 Å². The molecule has 20 heavy (non-hydrogen) atoms. The van der Waals surface area contributed by atoms with Gasteiger partial charge in [-0.3, -0.25) is 0 Å². The highest BCUT2D eigenvalue weighted by molar-refractivity contribution is 8.07. The molecular weight excluding hydrogens is 306 g/mol. The summed E-state index contributed by atoms with van der Waals surface area (Å²) in [6.45, 7) is 7.90. The Bertz CT molecular complexity index is 427. The van der Waals surface area contributed by atoms with Gasteiger partial charge < -0.3 is 5.32 Å². The second-order valence-corrected chi connectivity index (χ2v) is 8.82. The largest absolute Gasteiger partial charge is 0.313 e. The van der Waals surface area contributed by atoms with Crippen molar-refractivity contribution in [2.75, 3.05) is 12.3 Å². The normalized spacial score (nSPS) is 28.3. The fraction of sp³-hybridized carbons (Fsp3) is 0.625. The zero-order valence-corrected chi connectivity index (χ0v) is 14.8. The van der Waals surface area contributed by atoms with E-state index in [1.807, 2.05) is 12.1 Å². The van der Waals surface area contributed by atoms with Gasteiger partial charge in [-0.05, 0) is 24.6 Å². The summed E-state index contributed by atoms with van der Waals surface area (Å²) < 4.78 is 0. The van der Waals surface area contributed by atoms with E-state index in [0.717, 1.165) is 28.5 Å². The molecule has 4 unspecified atom stereocenters. The smallest absolute Gasteiger partial charge is 0.0438 e. The van der Waals surface area contributed by atoms with Crippen molar-refractivity contribution < 1.29 is 0 Å². The molecule has 0 bridgehead atoms. The van der Waals surface area contributed by atoms with Crippen molar-refractivity contribution >= 4 is 35.1 Å². The van der Waals surface area contributed by atoms with Gasteiger partial charge in [0.05, 0.1) is 0 Å². The van der Waals surface area contributed by atoms with Gasteiger partial charge in [-0.25, -0.2) is 0 Å². The third-order valence-corrected chi connectivity index (χ3v) is 7.81. The van der Waals surface area contributed by atoms with Crippen molar-refractivity contribution in [1.82, 2.24) is 5.32 Å². The molecule has 1 fully saturated rings. The van der Waals surface area contributed by atoms with Crippen LogP contribution in [0.3, 0.4) is 0 Å². The van der Waals surface area contributed by atoms with Gasteiger partial charge in [-0.15, -0.1) is 0 Å². The third kappa shape index (κ3) is 4.33. The molecule has 1 heterocycles. The summed E-state index contributed by atoms with van der Waals surface area (Å²) in [5.74, 6) is 1.23. The first-order chi connectivity index (χ1) is 9.61. The van der Waals surface area contributed by atoms with Crippen molar-refractivity contribution in [3.63, 3.8) is 0 Å². The quantitative estimate of drug-likeness (QED) is 0.855. The van der Waals surface area contributed by atoms with E-state index in [1.165, 1.54) is 11.3 Å². The molecule has 1 saturated heterocycles. The molecule has 4 heteroatoms. The van der Waals surface area contributed by atoms with Crippen molar-refractivity contribution in [2.24, 2.45) is 0 Å². The number of halogens is 1. The van der Waals surface area contributed by atoms with Crippen molar-refractivity contribution in [3.8, 4) is 0 Å². The minimum atomic E-state index is 0.507. The minimum absolute atomic E-state index is 0.507. The van der Waals surface area contributed by atoms with Crippen LogP contribution in [-0.2, 0) is 6.42 Å². The Labute approximate surface area is 136 Å². The highest BCUT2D eigenvalue weighted by Crippen LogP contribution is 2.37. The molecule has 112 valence electrons. The van der Waals surface area contributed by atoms with Gasteiger partial charge in [-0.1, -0.05) is 50.6 Å². The molecule has 1 aliphatic rings. The maximum atomic E-state index is 6.32. The maximum Gasteiger partial charge on any atom is 0.0438 e. The Morgan fingerprint density at radius 1 is 1.30 bits per heavy atom. The van der Waals surface area contributed by atoms with Crippen molar-refractivity contribution in [3.05, 3.63) is 34.9 Å². The lowest BCUT2D eigenvalue weighted by Crippen LogP contribution is -2.44. The predicted molar refractivity (Wildman–Crippen MR) is 95.4 cm³/mol. The van der Waals surface area contributed by atoms with Gasteiger partial charge in [0, 0.05) is 32.6 Å². The monoisotopic (exact) mass is 329 g/mol. The van der Waals surface area contributed by atoms with E-state index in [0.29, 0.717) is 11.3 Å². The van der Waals surface area contributed by atoms with Crippen LogP contribution in [0.25, 0.3) is 0 Å². The Balaban J connectivity index is 2.05. The zero-order chi connectivity index (χ0) is 14.5. The highest BCUT2D eigenvalue weighted by atomic mass is 35.5. The first-order valence-corrected chi connectivity index (χ1v) is 9.72. The van der Waals surface area contributed by atoms with Gasteiger partial charge in [0.25, 0.3) is 0 Å². The van der Waals surface area contributed by atoms with Crippen LogP contribution in [0.4, 0.5) is 0 Å². The summed E-state index contributed by atoms with van der Waals surface area (Å²) in [4.78, 5) is 0. The van der Waals surface area contributed by atoms with Crippen LogP contribution < -0.4 is 5.32 Å². The molecule has 1 aromatic carbocycles. The first-order valence-electron chi connectivity index (χ1n) is 7.35. The molecule has 4 atom stereocenters. The van der Waals surface area contributed by atoms with Crippen LogP contribution >= 0.6 is 35.1 Å². The first kappa shape index (κ1) is 16.5. The summed E-state index contributed by atoms with van der Waals surface area (Å²) in [5, 5.41) is 6.72. The Morgan fingerprint density at radius 3 is 2.70 bits per heavy atom.